The van der Waals surface area contributed by atoms with Crippen molar-refractivity contribution in [3.63, 3.8) is 0 Å². The maximum absolute atomic E-state index is 15.9. The molecular formula is C41H32ClF10N7O5S2. The first kappa shape index (κ1) is 48.1. The fraction of sp³-hybridized carbons (Fsp3) is 0.366. The van der Waals surface area contributed by atoms with Crippen LogP contribution in [0.3, 0.4) is 0 Å². The number of aromatic nitrogens is 5. The Morgan fingerprint density at radius 1 is 0.970 bits per heavy atom. The number of nitrogens with one attached hydrogen (secondary N) is 2. The molecule has 1 amide bonds. The normalized spacial score (nSPS) is 17.4. The van der Waals surface area contributed by atoms with Crippen LogP contribution in [-0.2, 0) is 56.3 Å². The predicted molar refractivity (Wildman–Crippen MR) is 219 cm³/mol. The molecule has 2 aromatic carbocycles. The summed E-state index contributed by atoms with van der Waals surface area (Å²) < 4.78 is 197. The number of alkyl halides is 8. The lowest BCUT2D eigenvalue weighted by atomic mass is 9.93. The van der Waals surface area contributed by atoms with Crippen molar-refractivity contribution in [2.24, 2.45) is 5.92 Å². The van der Waals surface area contributed by atoms with Gasteiger partial charge in [-0.1, -0.05) is 29.5 Å². The highest BCUT2D eigenvalue weighted by Gasteiger charge is 2.61. The maximum atomic E-state index is 15.9. The second-order valence-corrected chi connectivity index (χ2v) is 20.8. The molecule has 2 N–H and O–H groups in total. The van der Waals surface area contributed by atoms with Crippen molar-refractivity contribution in [1.29, 1.82) is 0 Å². The van der Waals surface area contributed by atoms with E-state index in [0.29, 0.717) is 17.0 Å². The Morgan fingerprint density at radius 3 is 2.23 bits per heavy atom. The average molecular weight is 992 g/mol. The molecule has 0 spiro atoms. The van der Waals surface area contributed by atoms with E-state index in [4.69, 9.17) is 11.6 Å². The number of nitrogens with zero attached hydrogens (tertiary/aromatic N) is 5. The van der Waals surface area contributed by atoms with Crippen molar-refractivity contribution >= 4 is 54.1 Å². The molecule has 0 aliphatic heterocycles. The summed E-state index contributed by atoms with van der Waals surface area (Å²) in [5.74, 6) is -1.50. The Bertz CT molecular complexity index is 3180. The third kappa shape index (κ3) is 9.53. The number of fused-ring (bicyclic) bond motifs is 4. The monoisotopic (exact) mass is 991 g/mol. The standard InChI is InChI=1S/C41H32ClF10N7O5S2/c1-38(2,65(3,61)62)13-12-23-8-9-24(25-10-11-28(42)32-34(25)59(19-39(45,46)47)56-37(32)57-66(4,63)64)33(53-23)29(16-20-14-21(43)17-22(44)15-20)54-30(60)18-58-36-31(35(55-58)41(50,51)52)26-6-5-7-27(26)40(36,48)49/h8-11,14-15,17,26-27,29H,7,16,18-19H2,1-4H3,(H,54,60)(H,56,57)/t26-,27+,29-/m0/s1. The number of halogens is 11. The molecule has 0 fully saturated rings. The van der Waals surface area contributed by atoms with Crippen molar-refractivity contribution in [3.05, 3.63) is 93.0 Å². The summed E-state index contributed by atoms with van der Waals surface area (Å²) in [6, 6.07) is 5.18. The molecule has 0 bridgehead atoms. The van der Waals surface area contributed by atoms with Crippen LogP contribution in [-0.4, -0.2) is 70.7 Å². The zero-order chi connectivity index (χ0) is 48.7. The van der Waals surface area contributed by atoms with E-state index in [1.165, 1.54) is 32.0 Å². The zero-order valence-electron chi connectivity index (χ0n) is 34.4. The second-order valence-electron chi connectivity index (χ2n) is 16.1. The van der Waals surface area contributed by atoms with Crippen LogP contribution in [0.4, 0.5) is 49.7 Å². The number of rotatable bonds is 11. The van der Waals surface area contributed by atoms with E-state index in [2.05, 4.69) is 44.2 Å². The Hall–Kier alpha value is -5.85. The van der Waals surface area contributed by atoms with Crippen molar-refractivity contribution < 1.29 is 65.5 Å². The SMILES string of the molecule is CC(C)(C#Cc1ccc(-c2ccc(Cl)c3c(NS(C)(=O)=O)nn(CC(F)(F)F)c23)c([C@H](Cc2cc(F)cc(F)c2)NC(=O)Cn2nc(C(F)(F)F)c3c2C(F)(F)[C@@H]2CC#C[C@H]32)n1)S(C)(=O)=O. The zero-order valence-corrected chi connectivity index (χ0v) is 36.7. The van der Waals surface area contributed by atoms with Crippen LogP contribution >= 0.6 is 11.6 Å². The summed E-state index contributed by atoms with van der Waals surface area (Å²) in [5, 5.41) is 9.02. The lowest BCUT2D eigenvalue weighted by Crippen LogP contribution is -2.35. The van der Waals surface area contributed by atoms with E-state index >= 15 is 8.78 Å². The lowest BCUT2D eigenvalue weighted by molar-refractivity contribution is -0.143. The summed E-state index contributed by atoms with van der Waals surface area (Å²) >= 11 is 6.47. The molecule has 25 heteroatoms. The minimum Gasteiger partial charge on any atom is -0.346 e. The molecule has 3 heterocycles. The van der Waals surface area contributed by atoms with Gasteiger partial charge in [-0.15, -0.1) is 5.92 Å². The number of pyridine rings is 1. The van der Waals surface area contributed by atoms with Crippen molar-refractivity contribution in [2.75, 3.05) is 17.2 Å². The Labute approximate surface area is 374 Å². The van der Waals surface area contributed by atoms with Gasteiger partial charge in [-0.2, -0.15) is 45.3 Å². The molecule has 2 aliphatic rings. The minimum atomic E-state index is -5.27. The molecule has 0 saturated carbocycles. The van der Waals surface area contributed by atoms with Gasteiger partial charge in [-0.05, 0) is 62.1 Å². The lowest BCUT2D eigenvalue weighted by Gasteiger charge is -2.24. The number of sulfonamides is 1. The van der Waals surface area contributed by atoms with Crippen molar-refractivity contribution in [2.45, 2.75) is 74.8 Å². The molecule has 350 valence electrons. The smallest absolute Gasteiger partial charge is 0.346 e. The highest BCUT2D eigenvalue weighted by atomic mass is 35.5. The molecule has 3 aromatic heterocycles. The first-order valence-electron chi connectivity index (χ1n) is 19.1. The quantitative estimate of drug-likeness (QED) is 0.101. The van der Waals surface area contributed by atoms with Crippen LogP contribution in [0.5, 0.6) is 0 Å². The van der Waals surface area contributed by atoms with Gasteiger partial charge in [0, 0.05) is 35.4 Å². The van der Waals surface area contributed by atoms with Crippen LogP contribution in [0.2, 0.25) is 5.02 Å². The highest BCUT2D eigenvalue weighted by Crippen LogP contribution is 2.58. The van der Waals surface area contributed by atoms with Crippen LogP contribution < -0.4 is 10.0 Å². The average Bonchev–Trinajstić information content (AvgIpc) is 3.92. The van der Waals surface area contributed by atoms with Gasteiger partial charge < -0.3 is 5.32 Å². The number of carbonyl (C=O) groups is 1. The summed E-state index contributed by atoms with van der Waals surface area (Å²) in [4.78, 5) is 18.6. The van der Waals surface area contributed by atoms with Crippen molar-refractivity contribution in [1.82, 2.24) is 29.9 Å². The topological polar surface area (TPSA) is 158 Å². The third-order valence-corrected chi connectivity index (χ3v) is 13.6. The molecule has 66 heavy (non-hydrogen) atoms. The molecular weight excluding hydrogens is 960 g/mol. The number of sulfone groups is 1. The van der Waals surface area contributed by atoms with E-state index in [1.807, 2.05) is 4.72 Å². The fourth-order valence-electron chi connectivity index (χ4n) is 7.66. The molecule has 2 aliphatic carbocycles. The van der Waals surface area contributed by atoms with Crippen LogP contribution in [0.1, 0.15) is 66.1 Å². The number of amides is 1. The van der Waals surface area contributed by atoms with E-state index in [0.717, 1.165) is 24.5 Å². The maximum Gasteiger partial charge on any atom is 0.435 e. The van der Waals surface area contributed by atoms with Gasteiger partial charge in [-0.25, -0.2) is 30.6 Å². The van der Waals surface area contributed by atoms with Crippen LogP contribution in [0, 0.1) is 41.2 Å². The Morgan fingerprint density at radius 2 is 1.62 bits per heavy atom. The van der Waals surface area contributed by atoms with Crippen LogP contribution in [0.15, 0.2) is 42.5 Å². The van der Waals surface area contributed by atoms with Gasteiger partial charge in [0.25, 0.3) is 5.92 Å². The van der Waals surface area contributed by atoms with Gasteiger partial charge in [0.05, 0.1) is 45.8 Å². The molecule has 0 radical (unpaired) electrons. The third-order valence-electron chi connectivity index (χ3n) is 10.7. The first-order valence-corrected chi connectivity index (χ1v) is 23.3. The molecule has 12 nitrogen and oxygen atoms in total. The van der Waals surface area contributed by atoms with E-state index < -0.39 is 138 Å². The van der Waals surface area contributed by atoms with Gasteiger partial charge in [0.1, 0.15) is 40.9 Å². The van der Waals surface area contributed by atoms with E-state index in [-0.39, 0.29) is 37.5 Å². The summed E-state index contributed by atoms with van der Waals surface area (Å²) in [5.41, 5.74) is -5.56. The Balaban J connectivity index is 1.46. The minimum absolute atomic E-state index is 0.185. The summed E-state index contributed by atoms with van der Waals surface area (Å²) in [7, 11) is -8.08. The van der Waals surface area contributed by atoms with Gasteiger partial charge in [0.15, 0.2) is 21.3 Å². The van der Waals surface area contributed by atoms with Gasteiger partial charge >= 0.3 is 12.4 Å². The number of benzene rings is 2. The predicted octanol–water partition coefficient (Wildman–Crippen LogP) is 7.67. The molecule has 0 saturated heterocycles. The molecule has 0 unspecified atom stereocenters. The highest BCUT2D eigenvalue weighted by molar-refractivity contribution is 7.92. The summed E-state index contributed by atoms with van der Waals surface area (Å²) in [6.45, 7) is -0.611. The molecule has 5 aromatic rings. The van der Waals surface area contributed by atoms with Crippen molar-refractivity contribution in [3.8, 4) is 34.8 Å². The largest absolute Gasteiger partial charge is 0.435 e. The molecule has 7 rings (SSSR count). The number of hydrogen-bond donors (Lipinski definition) is 2. The van der Waals surface area contributed by atoms with E-state index in [9.17, 15) is 56.8 Å². The number of anilines is 1. The number of hydrogen-bond acceptors (Lipinski definition) is 8. The first-order chi connectivity index (χ1) is 30.3. The summed E-state index contributed by atoms with van der Waals surface area (Å²) in [6.07, 6.45) is -9.78. The Kier molecular flexibility index (Phi) is 12.0. The molecule has 3 atom stereocenters. The number of carbonyl (C=O) groups excluding carboxylic acids is 1. The van der Waals surface area contributed by atoms with Gasteiger partial charge in [0.2, 0.25) is 15.9 Å². The van der Waals surface area contributed by atoms with Gasteiger partial charge in [-0.3, -0.25) is 18.9 Å². The van der Waals surface area contributed by atoms with E-state index in [1.54, 1.807) is 0 Å². The van der Waals surface area contributed by atoms with Crippen LogP contribution in [0.25, 0.3) is 22.0 Å². The fourth-order valence-corrected chi connectivity index (χ4v) is 8.63. The second kappa shape index (κ2) is 16.5.